The molecule has 2 aromatic rings. The molecule has 19 heavy (non-hydrogen) atoms. The summed E-state index contributed by atoms with van der Waals surface area (Å²) in [6, 6.07) is 8.51. The molecule has 0 fully saturated rings. The molecule has 3 nitrogen and oxygen atoms in total. The van der Waals surface area contributed by atoms with Crippen LogP contribution in [0.4, 0.5) is 5.69 Å². The van der Waals surface area contributed by atoms with E-state index in [2.05, 4.69) is 36.3 Å². The van der Waals surface area contributed by atoms with Crippen molar-refractivity contribution in [2.24, 2.45) is 5.73 Å². The number of nitrogens with two attached hydrogens (primary N) is 1. The van der Waals surface area contributed by atoms with Crippen molar-refractivity contribution in [2.75, 3.05) is 5.32 Å². The maximum Gasteiger partial charge on any atom is 0.122 e. The highest BCUT2D eigenvalue weighted by molar-refractivity contribution is 7.80. The minimum Gasteiger partial charge on any atom is -0.388 e. The van der Waals surface area contributed by atoms with Gasteiger partial charge in [0.2, 0.25) is 0 Å². The Morgan fingerprint density at radius 1 is 1.47 bits per heavy atom. The van der Waals surface area contributed by atoms with E-state index >= 15 is 0 Å². The first-order valence-corrected chi connectivity index (χ1v) is 7.35. The predicted molar refractivity (Wildman–Crippen MR) is 86.0 cm³/mol. The van der Waals surface area contributed by atoms with Crippen LogP contribution in [-0.2, 0) is 6.42 Å². The SMILES string of the molecule is Cc1ccc(CC(C)Nc2ccnc(C(N)=S)c2)s1. The maximum atomic E-state index is 5.58. The number of thiophene rings is 1. The number of rotatable bonds is 5. The molecule has 0 radical (unpaired) electrons. The molecule has 2 heterocycles. The van der Waals surface area contributed by atoms with E-state index in [-0.39, 0.29) is 0 Å². The minimum absolute atomic E-state index is 0.324. The van der Waals surface area contributed by atoms with E-state index in [4.69, 9.17) is 18.0 Å². The van der Waals surface area contributed by atoms with Crippen LogP contribution in [0.5, 0.6) is 0 Å². The van der Waals surface area contributed by atoms with E-state index in [0.29, 0.717) is 16.7 Å². The van der Waals surface area contributed by atoms with Gasteiger partial charge in [0, 0.05) is 34.1 Å². The fourth-order valence-corrected chi connectivity index (χ4v) is 3.02. The van der Waals surface area contributed by atoms with Crippen molar-refractivity contribution in [3.8, 4) is 0 Å². The summed E-state index contributed by atoms with van der Waals surface area (Å²) in [6.07, 6.45) is 2.72. The van der Waals surface area contributed by atoms with Crippen LogP contribution in [0.1, 0.15) is 22.4 Å². The topological polar surface area (TPSA) is 50.9 Å². The summed E-state index contributed by atoms with van der Waals surface area (Å²) in [5.41, 5.74) is 7.23. The van der Waals surface area contributed by atoms with Crippen molar-refractivity contribution >= 4 is 34.2 Å². The average molecular weight is 291 g/mol. The van der Waals surface area contributed by atoms with Gasteiger partial charge in [0.05, 0.1) is 5.69 Å². The Morgan fingerprint density at radius 2 is 2.26 bits per heavy atom. The number of pyridine rings is 1. The summed E-state index contributed by atoms with van der Waals surface area (Å²) < 4.78 is 0. The molecule has 0 saturated carbocycles. The van der Waals surface area contributed by atoms with Gasteiger partial charge in [-0.15, -0.1) is 11.3 Å². The molecule has 1 atom stereocenters. The Kier molecular flexibility index (Phi) is 4.50. The molecule has 0 aromatic carbocycles. The highest BCUT2D eigenvalue weighted by Crippen LogP contribution is 2.18. The standard InChI is InChI=1S/C14H17N3S2/c1-9(7-12-4-3-10(2)19-12)17-11-5-6-16-13(8-11)14(15)18/h3-6,8-9H,7H2,1-2H3,(H2,15,18)(H,16,17). The fraction of sp³-hybridized carbons (Fsp3) is 0.286. The van der Waals surface area contributed by atoms with Gasteiger partial charge in [0.25, 0.3) is 0 Å². The number of anilines is 1. The third kappa shape index (κ3) is 4.01. The van der Waals surface area contributed by atoms with Crippen LogP contribution in [0.25, 0.3) is 0 Å². The first-order valence-electron chi connectivity index (χ1n) is 6.12. The second-order valence-electron chi connectivity index (χ2n) is 4.56. The van der Waals surface area contributed by atoms with Crippen LogP contribution in [0.15, 0.2) is 30.5 Å². The van der Waals surface area contributed by atoms with Gasteiger partial charge in [0.15, 0.2) is 0 Å². The van der Waals surface area contributed by atoms with Gasteiger partial charge in [0.1, 0.15) is 4.99 Å². The van der Waals surface area contributed by atoms with Gasteiger partial charge in [-0.1, -0.05) is 12.2 Å². The van der Waals surface area contributed by atoms with Crippen molar-refractivity contribution in [2.45, 2.75) is 26.3 Å². The van der Waals surface area contributed by atoms with Crippen LogP contribution in [0, 0.1) is 6.92 Å². The first-order chi connectivity index (χ1) is 9.04. The molecular formula is C14H17N3S2. The van der Waals surface area contributed by atoms with Gasteiger partial charge in [-0.05, 0) is 38.1 Å². The Hall–Kier alpha value is -1.46. The van der Waals surface area contributed by atoms with Crippen molar-refractivity contribution in [3.63, 3.8) is 0 Å². The molecule has 0 saturated heterocycles. The lowest BCUT2D eigenvalue weighted by atomic mass is 10.2. The second kappa shape index (κ2) is 6.12. The van der Waals surface area contributed by atoms with Crippen LogP contribution < -0.4 is 11.1 Å². The average Bonchev–Trinajstić information content (AvgIpc) is 2.74. The fourth-order valence-electron chi connectivity index (χ4n) is 1.89. The summed E-state index contributed by atoms with van der Waals surface area (Å²) in [5, 5.41) is 3.45. The monoisotopic (exact) mass is 291 g/mol. The second-order valence-corrected chi connectivity index (χ2v) is 6.37. The summed E-state index contributed by atoms with van der Waals surface area (Å²) in [6.45, 7) is 4.29. The molecule has 100 valence electrons. The van der Waals surface area contributed by atoms with Crippen LogP contribution >= 0.6 is 23.6 Å². The number of aryl methyl sites for hydroxylation is 1. The number of hydrogen-bond acceptors (Lipinski definition) is 4. The highest BCUT2D eigenvalue weighted by Gasteiger charge is 2.06. The highest BCUT2D eigenvalue weighted by atomic mass is 32.1. The van der Waals surface area contributed by atoms with Crippen molar-refractivity contribution in [1.82, 2.24) is 4.98 Å². The summed E-state index contributed by atoms with van der Waals surface area (Å²) in [5.74, 6) is 0. The molecule has 0 amide bonds. The third-order valence-corrected chi connectivity index (χ3v) is 3.96. The number of nitrogens with zero attached hydrogens (tertiary/aromatic N) is 1. The van der Waals surface area contributed by atoms with Crippen molar-refractivity contribution < 1.29 is 0 Å². The molecule has 0 aliphatic heterocycles. The smallest absolute Gasteiger partial charge is 0.122 e. The van der Waals surface area contributed by atoms with Gasteiger partial charge >= 0.3 is 0 Å². The van der Waals surface area contributed by atoms with Crippen LogP contribution in [-0.4, -0.2) is 16.0 Å². The zero-order valence-electron chi connectivity index (χ0n) is 11.0. The number of thiocarbonyl (C=S) groups is 1. The normalized spacial score (nSPS) is 12.1. The van der Waals surface area contributed by atoms with Gasteiger partial charge in [-0.25, -0.2) is 0 Å². The minimum atomic E-state index is 0.324. The van der Waals surface area contributed by atoms with Crippen molar-refractivity contribution in [1.29, 1.82) is 0 Å². The molecule has 0 aliphatic rings. The summed E-state index contributed by atoms with van der Waals surface area (Å²) in [7, 11) is 0. The number of aromatic nitrogens is 1. The van der Waals surface area contributed by atoms with E-state index in [1.165, 1.54) is 9.75 Å². The van der Waals surface area contributed by atoms with E-state index < -0.39 is 0 Å². The molecule has 3 N–H and O–H groups in total. The van der Waals surface area contributed by atoms with E-state index in [0.717, 1.165) is 12.1 Å². The lowest BCUT2D eigenvalue weighted by molar-refractivity contribution is 0.800. The molecule has 0 spiro atoms. The lowest BCUT2D eigenvalue weighted by Gasteiger charge is -2.14. The Balaban J connectivity index is 2.00. The molecular weight excluding hydrogens is 274 g/mol. The quantitative estimate of drug-likeness (QED) is 0.831. The maximum absolute atomic E-state index is 5.58. The zero-order valence-corrected chi connectivity index (χ0v) is 12.6. The molecule has 1 unspecified atom stereocenters. The van der Waals surface area contributed by atoms with Gasteiger partial charge in [-0.3, -0.25) is 4.98 Å². The Bertz CT molecular complexity index is 578. The number of hydrogen-bond donors (Lipinski definition) is 2. The Morgan fingerprint density at radius 3 is 2.89 bits per heavy atom. The molecule has 0 aliphatic carbocycles. The molecule has 0 bridgehead atoms. The number of nitrogens with one attached hydrogen (secondary N) is 1. The molecule has 2 rings (SSSR count). The van der Waals surface area contributed by atoms with Crippen LogP contribution in [0.3, 0.4) is 0 Å². The largest absolute Gasteiger partial charge is 0.388 e. The molecule has 5 heteroatoms. The van der Waals surface area contributed by atoms with E-state index in [1.54, 1.807) is 6.20 Å². The van der Waals surface area contributed by atoms with Crippen LogP contribution in [0.2, 0.25) is 0 Å². The molecule has 2 aromatic heterocycles. The lowest BCUT2D eigenvalue weighted by Crippen LogP contribution is -2.18. The summed E-state index contributed by atoms with van der Waals surface area (Å²) in [4.78, 5) is 7.19. The first kappa shape index (κ1) is 14.0. The van der Waals surface area contributed by atoms with Gasteiger partial charge in [-0.2, -0.15) is 0 Å². The zero-order chi connectivity index (χ0) is 13.8. The van der Waals surface area contributed by atoms with Gasteiger partial charge < -0.3 is 11.1 Å². The predicted octanol–water partition coefficient (Wildman–Crippen LogP) is 3.13. The third-order valence-electron chi connectivity index (χ3n) is 2.73. The Labute approximate surface area is 122 Å². The summed E-state index contributed by atoms with van der Waals surface area (Å²) >= 11 is 6.77. The van der Waals surface area contributed by atoms with E-state index in [9.17, 15) is 0 Å². The van der Waals surface area contributed by atoms with Crippen molar-refractivity contribution in [3.05, 3.63) is 45.9 Å². The van der Waals surface area contributed by atoms with E-state index in [1.807, 2.05) is 23.5 Å².